The van der Waals surface area contributed by atoms with Gasteiger partial charge in [0.1, 0.15) is 0 Å². The predicted molar refractivity (Wildman–Crippen MR) is 104 cm³/mol. The molecule has 1 fully saturated rings. The molecule has 26 heavy (non-hydrogen) atoms. The topological polar surface area (TPSA) is 66.5 Å². The SMILES string of the molecule is CCC[C@@H](NC(=O)c1cccc(N2CCCS2(=O)=O)c1)c1ccccc1. The van der Waals surface area contributed by atoms with Gasteiger partial charge in [0, 0.05) is 12.1 Å². The maximum atomic E-state index is 12.8. The van der Waals surface area contributed by atoms with E-state index in [1.807, 2.05) is 30.3 Å². The summed E-state index contributed by atoms with van der Waals surface area (Å²) in [6.45, 7) is 2.55. The quantitative estimate of drug-likeness (QED) is 0.844. The van der Waals surface area contributed by atoms with Gasteiger partial charge in [0.2, 0.25) is 10.0 Å². The highest BCUT2D eigenvalue weighted by atomic mass is 32.2. The van der Waals surface area contributed by atoms with E-state index in [2.05, 4.69) is 12.2 Å². The molecule has 0 radical (unpaired) electrons. The Bertz CT molecular complexity index is 866. The number of sulfonamides is 1. The van der Waals surface area contributed by atoms with Gasteiger partial charge in [-0.3, -0.25) is 9.10 Å². The van der Waals surface area contributed by atoms with E-state index in [4.69, 9.17) is 0 Å². The molecule has 6 heteroatoms. The van der Waals surface area contributed by atoms with Crippen LogP contribution in [0.3, 0.4) is 0 Å². The van der Waals surface area contributed by atoms with Crippen LogP contribution in [0.25, 0.3) is 0 Å². The van der Waals surface area contributed by atoms with Crippen LogP contribution in [0.1, 0.15) is 48.1 Å². The standard InChI is InChI=1S/C20H24N2O3S/c1-2-8-19(16-9-4-3-5-10-16)21-20(23)17-11-6-12-18(15-17)22-13-7-14-26(22,24)25/h3-6,9-12,15,19H,2,7-8,13-14H2,1H3,(H,21,23)/t19-/m1/s1. The Labute approximate surface area is 155 Å². The zero-order chi connectivity index (χ0) is 18.6. The van der Waals surface area contributed by atoms with Crippen molar-refractivity contribution < 1.29 is 13.2 Å². The minimum absolute atomic E-state index is 0.0622. The fourth-order valence-corrected chi connectivity index (χ4v) is 4.83. The van der Waals surface area contributed by atoms with Gasteiger partial charge >= 0.3 is 0 Å². The van der Waals surface area contributed by atoms with Gasteiger partial charge in [-0.15, -0.1) is 0 Å². The van der Waals surface area contributed by atoms with E-state index >= 15 is 0 Å². The first-order valence-electron chi connectivity index (χ1n) is 8.97. The summed E-state index contributed by atoms with van der Waals surface area (Å²) in [6.07, 6.45) is 2.41. The normalized spacial score (nSPS) is 17.0. The largest absolute Gasteiger partial charge is 0.345 e. The Morgan fingerprint density at radius 1 is 1.15 bits per heavy atom. The predicted octanol–water partition coefficient (Wildman–Crippen LogP) is 3.50. The van der Waals surface area contributed by atoms with Crippen molar-refractivity contribution in [2.24, 2.45) is 0 Å². The number of benzene rings is 2. The molecule has 0 saturated carbocycles. The highest BCUT2D eigenvalue weighted by molar-refractivity contribution is 7.93. The van der Waals surface area contributed by atoms with Crippen molar-refractivity contribution in [1.29, 1.82) is 0 Å². The van der Waals surface area contributed by atoms with Crippen LogP contribution in [0.5, 0.6) is 0 Å². The average molecular weight is 372 g/mol. The van der Waals surface area contributed by atoms with Crippen LogP contribution < -0.4 is 9.62 Å². The number of amides is 1. The molecule has 1 amide bonds. The van der Waals surface area contributed by atoms with Crippen molar-refractivity contribution in [3.05, 3.63) is 65.7 Å². The van der Waals surface area contributed by atoms with Crippen LogP contribution >= 0.6 is 0 Å². The summed E-state index contributed by atoms with van der Waals surface area (Å²) < 4.78 is 25.6. The fraction of sp³-hybridized carbons (Fsp3) is 0.350. The number of rotatable bonds is 6. The maximum Gasteiger partial charge on any atom is 0.251 e. The monoisotopic (exact) mass is 372 g/mol. The molecule has 5 nitrogen and oxygen atoms in total. The summed E-state index contributed by atoms with van der Waals surface area (Å²) in [6, 6.07) is 16.7. The van der Waals surface area contributed by atoms with E-state index in [-0.39, 0.29) is 17.7 Å². The number of nitrogens with zero attached hydrogens (tertiary/aromatic N) is 1. The zero-order valence-electron chi connectivity index (χ0n) is 14.9. The van der Waals surface area contributed by atoms with Crippen LogP contribution in [-0.4, -0.2) is 26.6 Å². The second kappa shape index (κ2) is 7.91. The molecule has 1 aliphatic rings. The molecule has 1 N–H and O–H groups in total. The number of anilines is 1. The van der Waals surface area contributed by atoms with E-state index in [1.54, 1.807) is 24.3 Å². The van der Waals surface area contributed by atoms with Gasteiger partial charge in [0.05, 0.1) is 17.5 Å². The number of hydrogen-bond acceptors (Lipinski definition) is 3. The third-order valence-corrected chi connectivity index (χ3v) is 6.45. The van der Waals surface area contributed by atoms with Gasteiger partial charge in [-0.25, -0.2) is 8.42 Å². The van der Waals surface area contributed by atoms with Crippen LogP contribution in [0.15, 0.2) is 54.6 Å². The maximum absolute atomic E-state index is 12.8. The van der Waals surface area contributed by atoms with Gasteiger partial charge in [-0.05, 0) is 36.6 Å². The third kappa shape index (κ3) is 4.07. The van der Waals surface area contributed by atoms with E-state index in [9.17, 15) is 13.2 Å². The highest BCUT2D eigenvalue weighted by Crippen LogP contribution is 2.25. The first kappa shape index (κ1) is 18.5. The Hall–Kier alpha value is -2.34. The summed E-state index contributed by atoms with van der Waals surface area (Å²) in [5.74, 6) is -0.0264. The lowest BCUT2D eigenvalue weighted by Gasteiger charge is -2.20. The summed E-state index contributed by atoms with van der Waals surface area (Å²) >= 11 is 0. The Balaban J connectivity index is 1.80. The van der Waals surface area contributed by atoms with Crippen molar-refractivity contribution in [3.8, 4) is 0 Å². The molecular weight excluding hydrogens is 348 g/mol. The molecule has 0 bridgehead atoms. The van der Waals surface area contributed by atoms with Crippen molar-refractivity contribution in [3.63, 3.8) is 0 Å². The second-order valence-corrected chi connectivity index (χ2v) is 8.53. The molecule has 0 aliphatic carbocycles. The number of nitrogens with one attached hydrogen (secondary N) is 1. The van der Waals surface area contributed by atoms with Gasteiger partial charge in [-0.2, -0.15) is 0 Å². The smallest absolute Gasteiger partial charge is 0.251 e. The molecule has 1 saturated heterocycles. The van der Waals surface area contributed by atoms with Gasteiger partial charge in [0.25, 0.3) is 5.91 Å². The van der Waals surface area contributed by atoms with Gasteiger partial charge < -0.3 is 5.32 Å². The van der Waals surface area contributed by atoms with Gasteiger partial charge in [0.15, 0.2) is 0 Å². The molecule has 138 valence electrons. The molecule has 1 atom stereocenters. The van der Waals surface area contributed by atoms with Crippen LogP contribution in [0.2, 0.25) is 0 Å². The van der Waals surface area contributed by atoms with Crippen molar-refractivity contribution in [2.45, 2.75) is 32.2 Å². The minimum Gasteiger partial charge on any atom is -0.345 e. The molecule has 2 aromatic carbocycles. The molecule has 0 unspecified atom stereocenters. The van der Waals surface area contributed by atoms with E-state index in [1.165, 1.54) is 4.31 Å². The van der Waals surface area contributed by atoms with Crippen LogP contribution in [-0.2, 0) is 10.0 Å². The Kier molecular flexibility index (Phi) is 5.61. The first-order valence-corrected chi connectivity index (χ1v) is 10.6. The fourth-order valence-electron chi connectivity index (χ4n) is 3.27. The first-order chi connectivity index (χ1) is 12.5. The molecule has 0 aromatic heterocycles. The van der Waals surface area contributed by atoms with E-state index in [0.29, 0.717) is 24.2 Å². The molecular formula is C20H24N2O3S. The molecule has 1 heterocycles. The van der Waals surface area contributed by atoms with Crippen LogP contribution in [0.4, 0.5) is 5.69 Å². The highest BCUT2D eigenvalue weighted by Gasteiger charge is 2.28. The van der Waals surface area contributed by atoms with Crippen molar-refractivity contribution in [1.82, 2.24) is 5.32 Å². The Morgan fingerprint density at radius 3 is 2.58 bits per heavy atom. The lowest BCUT2D eigenvalue weighted by molar-refractivity contribution is 0.0934. The molecule has 0 spiro atoms. The lowest BCUT2D eigenvalue weighted by atomic mass is 10.0. The summed E-state index contributed by atoms with van der Waals surface area (Å²) in [4.78, 5) is 12.8. The van der Waals surface area contributed by atoms with Gasteiger partial charge in [-0.1, -0.05) is 49.7 Å². The lowest BCUT2D eigenvalue weighted by Crippen LogP contribution is -2.29. The van der Waals surface area contributed by atoms with E-state index in [0.717, 1.165) is 18.4 Å². The Morgan fingerprint density at radius 2 is 1.92 bits per heavy atom. The van der Waals surface area contributed by atoms with Crippen LogP contribution in [0, 0.1) is 0 Å². The number of carbonyl (C=O) groups is 1. The molecule has 3 rings (SSSR count). The number of hydrogen-bond donors (Lipinski definition) is 1. The zero-order valence-corrected chi connectivity index (χ0v) is 15.7. The summed E-state index contributed by atoms with van der Waals surface area (Å²) in [7, 11) is -3.26. The second-order valence-electron chi connectivity index (χ2n) is 6.52. The minimum atomic E-state index is -3.26. The van der Waals surface area contributed by atoms with E-state index < -0.39 is 10.0 Å². The molecule has 1 aliphatic heterocycles. The summed E-state index contributed by atoms with van der Waals surface area (Å²) in [5.41, 5.74) is 2.10. The van der Waals surface area contributed by atoms with Crippen molar-refractivity contribution in [2.75, 3.05) is 16.6 Å². The molecule has 2 aromatic rings. The number of carbonyl (C=O) groups excluding carboxylic acids is 1. The summed E-state index contributed by atoms with van der Waals surface area (Å²) in [5, 5.41) is 3.08. The average Bonchev–Trinajstić information content (AvgIpc) is 3.01. The third-order valence-electron chi connectivity index (χ3n) is 4.58. The van der Waals surface area contributed by atoms with Crippen molar-refractivity contribution >= 4 is 21.6 Å².